The first-order chi connectivity index (χ1) is 7.98. The number of piperazine rings is 1. The zero-order valence-electron chi connectivity index (χ0n) is 12.1. The van der Waals surface area contributed by atoms with Gasteiger partial charge >= 0.3 is 0 Å². The van der Waals surface area contributed by atoms with Gasteiger partial charge in [0.2, 0.25) is 0 Å². The van der Waals surface area contributed by atoms with E-state index in [0.29, 0.717) is 11.6 Å². The van der Waals surface area contributed by atoms with Gasteiger partial charge in [0.1, 0.15) is 0 Å². The Labute approximate surface area is 107 Å². The molecule has 2 heteroatoms. The van der Waals surface area contributed by atoms with Crippen molar-refractivity contribution in [2.45, 2.75) is 77.4 Å². The van der Waals surface area contributed by atoms with E-state index in [4.69, 9.17) is 0 Å². The first-order valence-corrected chi connectivity index (χ1v) is 7.49. The van der Waals surface area contributed by atoms with Crippen LogP contribution in [-0.4, -0.2) is 35.6 Å². The van der Waals surface area contributed by atoms with Crippen LogP contribution < -0.4 is 5.32 Å². The van der Waals surface area contributed by atoms with Crippen LogP contribution in [0.4, 0.5) is 0 Å². The third kappa shape index (κ3) is 3.45. The molecule has 0 aromatic heterocycles. The molecule has 2 aliphatic rings. The van der Waals surface area contributed by atoms with Crippen LogP contribution in [0.15, 0.2) is 0 Å². The molecule has 1 saturated heterocycles. The predicted molar refractivity (Wildman–Crippen MR) is 74.3 cm³/mol. The summed E-state index contributed by atoms with van der Waals surface area (Å²) in [5.74, 6) is 0.950. The maximum atomic E-state index is 3.66. The molecule has 0 bridgehead atoms. The fraction of sp³-hybridized carbons (Fsp3) is 1.00. The van der Waals surface area contributed by atoms with E-state index in [1.807, 2.05) is 0 Å². The summed E-state index contributed by atoms with van der Waals surface area (Å²) in [5, 5.41) is 3.66. The number of hydrogen-bond acceptors (Lipinski definition) is 2. The molecule has 0 radical (unpaired) electrons. The minimum Gasteiger partial charge on any atom is -0.309 e. The molecule has 2 fully saturated rings. The highest BCUT2D eigenvalue weighted by Gasteiger charge is 2.34. The van der Waals surface area contributed by atoms with E-state index in [1.54, 1.807) is 0 Å². The summed E-state index contributed by atoms with van der Waals surface area (Å²) in [6.45, 7) is 11.9. The zero-order valence-corrected chi connectivity index (χ0v) is 12.1. The van der Waals surface area contributed by atoms with Crippen LogP contribution in [0, 0.1) is 5.92 Å². The zero-order chi connectivity index (χ0) is 12.5. The van der Waals surface area contributed by atoms with E-state index in [-0.39, 0.29) is 0 Å². The summed E-state index contributed by atoms with van der Waals surface area (Å²) < 4.78 is 0. The minimum absolute atomic E-state index is 0.296. The maximum Gasteiger partial charge on any atom is 0.0253 e. The van der Waals surface area contributed by atoms with Crippen molar-refractivity contribution >= 4 is 0 Å². The van der Waals surface area contributed by atoms with Gasteiger partial charge in [-0.1, -0.05) is 19.8 Å². The van der Waals surface area contributed by atoms with Crippen LogP contribution in [0.5, 0.6) is 0 Å². The van der Waals surface area contributed by atoms with Gasteiger partial charge in [0.15, 0.2) is 0 Å². The quantitative estimate of drug-likeness (QED) is 0.706. The predicted octanol–water partition coefficient (Wildman–Crippen LogP) is 3.03. The monoisotopic (exact) mass is 238 g/mol. The third-order valence-corrected chi connectivity index (χ3v) is 4.72. The lowest BCUT2D eigenvalue weighted by molar-refractivity contribution is 0.0552. The van der Waals surface area contributed by atoms with Crippen LogP contribution >= 0.6 is 0 Å². The average molecular weight is 238 g/mol. The van der Waals surface area contributed by atoms with Gasteiger partial charge in [-0.05, 0) is 46.0 Å². The Morgan fingerprint density at radius 3 is 2.59 bits per heavy atom. The molecule has 3 unspecified atom stereocenters. The fourth-order valence-corrected chi connectivity index (χ4v) is 3.50. The van der Waals surface area contributed by atoms with Gasteiger partial charge in [0, 0.05) is 30.7 Å². The summed E-state index contributed by atoms with van der Waals surface area (Å²) in [5.41, 5.74) is 0.296. The van der Waals surface area contributed by atoms with Gasteiger partial charge < -0.3 is 5.32 Å². The Balaban J connectivity index is 1.99. The molecular formula is C15H30N2. The number of rotatable bonds is 1. The minimum atomic E-state index is 0.296. The smallest absolute Gasteiger partial charge is 0.0253 e. The van der Waals surface area contributed by atoms with E-state index in [0.717, 1.165) is 18.5 Å². The molecule has 3 atom stereocenters. The van der Waals surface area contributed by atoms with E-state index < -0.39 is 0 Å². The lowest BCUT2D eigenvalue weighted by Crippen LogP contribution is -2.63. The summed E-state index contributed by atoms with van der Waals surface area (Å²) in [7, 11) is 0. The summed E-state index contributed by atoms with van der Waals surface area (Å²) in [6.07, 6.45) is 7.15. The molecule has 2 nitrogen and oxygen atoms in total. The average Bonchev–Trinajstić information content (AvgIpc) is 2.47. The molecule has 1 N–H and O–H groups in total. The fourth-order valence-electron chi connectivity index (χ4n) is 3.50. The molecule has 100 valence electrons. The molecular weight excluding hydrogens is 208 g/mol. The molecule has 2 rings (SSSR count). The Bertz CT molecular complexity index is 249. The van der Waals surface area contributed by atoms with Crippen molar-refractivity contribution < 1.29 is 0 Å². The Morgan fingerprint density at radius 1 is 1.06 bits per heavy atom. The van der Waals surface area contributed by atoms with Crippen molar-refractivity contribution in [1.82, 2.24) is 10.2 Å². The molecule has 0 spiro atoms. The third-order valence-electron chi connectivity index (χ3n) is 4.72. The van der Waals surface area contributed by atoms with Gasteiger partial charge in [0.25, 0.3) is 0 Å². The van der Waals surface area contributed by atoms with Crippen LogP contribution in [0.25, 0.3) is 0 Å². The highest BCUT2D eigenvalue weighted by atomic mass is 15.3. The van der Waals surface area contributed by atoms with Gasteiger partial charge in [0.05, 0.1) is 0 Å². The van der Waals surface area contributed by atoms with Crippen molar-refractivity contribution in [2.75, 3.05) is 13.1 Å². The lowest BCUT2D eigenvalue weighted by atomic mass is 9.95. The van der Waals surface area contributed by atoms with Crippen LogP contribution in [0.3, 0.4) is 0 Å². The van der Waals surface area contributed by atoms with E-state index in [2.05, 4.69) is 37.9 Å². The lowest BCUT2D eigenvalue weighted by Gasteiger charge is -2.47. The van der Waals surface area contributed by atoms with Crippen molar-refractivity contribution in [3.63, 3.8) is 0 Å². The van der Waals surface area contributed by atoms with E-state index in [9.17, 15) is 0 Å². The van der Waals surface area contributed by atoms with Gasteiger partial charge in [-0.3, -0.25) is 4.90 Å². The van der Waals surface area contributed by atoms with Gasteiger partial charge in [-0.25, -0.2) is 0 Å². The standard InChI is InChI=1S/C15H30N2/c1-12-6-5-7-14(9-8-12)17-11-15(3,4)16-10-13(17)2/h12-14,16H,5-11H2,1-4H3. The second-order valence-corrected chi connectivity index (χ2v) is 7.05. The second kappa shape index (κ2) is 5.27. The maximum absolute atomic E-state index is 3.66. The molecule has 1 saturated carbocycles. The number of nitrogens with one attached hydrogen (secondary N) is 1. The molecule has 17 heavy (non-hydrogen) atoms. The second-order valence-electron chi connectivity index (χ2n) is 7.05. The largest absolute Gasteiger partial charge is 0.309 e. The number of nitrogens with zero attached hydrogens (tertiary/aromatic N) is 1. The van der Waals surface area contributed by atoms with Crippen LogP contribution in [-0.2, 0) is 0 Å². The van der Waals surface area contributed by atoms with Crippen molar-refractivity contribution in [1.29, 1.82) is 0 Å². The molecule has 0 aromatic rings. The Morgan fingerprint density at radius 2 is 1.82 bits per heavy atom. The normalized spacial score (nSPS) is 39.9. The summed E-state index contributed by atoms with van der Waals surface area (Å²) in [6, 6.07) is 1.55. The van der Waals surface area contributed by atoms with E-state index in [1.165, 1.54) is 38.6 Å². The highest BCUT2D eigenvalue weighted by Crippen LogP contribution is 2.29. The molecule has 1 heterocycles. The van der Waals surface area contributed by atoms with Gasteiger partial charge in [-0.15, -0.1) is 0 Å². The van der Waals surface area contributed by atoms with Crippen LogP contribution in [0.2, 0.25) is 0 Å². The van der Waals surface area contributed by atoms with Gasteiger partial charge in [-0.2, -0.15) is 0 Å². The van der Waals surface area contributed by atoms with Crippen LogP contribution in [0.1, 0.15) is 59.8 Å². The van der Waals surface area contributed by atoms with Crippen molar-refractivity contribution in [2.24, 2.45) is 5.92 Å². The Kier molecular flexibility index (Phi) is 4.14. The van der Waals surface area contributed by atoms with E-state index >= 15 is 0 Å². The van der Waals surface area contributed by atoms with Crippen molar-refractivity contribution in [3.05, 3.63) is 0 Å². The molecule has 0 aromatic carbocycles. The molecule has 1 aliphatic carbocycles. The van der Waals surface area contributed by atoms with Crippen molar-refractivity contribution in [3.8, 4) is 0 Å². The SMILES string of the molecule is CC1CCCC(N2CC(C)(C)NCC2C)CC1. The summed E-state index contributed by atoms with van der Waals surface area (Å²) in [4.78, 5) is 2.79. The Hall–Kier alpha value is -0.0800. The summed E-state index contributed by atoms with van der Waals surface area (Å²) >= 11 is 0. The molecule has 1 aliphatic heterocycles. The highest BCUT2D eigenvalue weighted by molar-refractivity contribution is 4.93. The molecule has 0 amide bonds. The topological polar surface area (TPSA) is 15.3 Å². The first kappa shape index (κ1) is 13.4. The first-order valence-electron chi connectivity index (χ1n) is 7.49. The number of hydrogen-bond donors (Lipinski definition) is 1.